The number of nitrogens with zero attached hydrogens (tertiary/aromatic N) is 4. The van der Waals surface area contributed by atoms with Crippen LogP contribution in [0.4, 0.5) is 10.5 Å². The van der Waals surface area contributed by atoms with Gasteiger partial charge < -0.3 is 14.5 Å². The number of hydrogen-bond acceptors (Lipinski definition) is 6. The predicted octanol–water partition coefficient (Wildman–Crippen LogP) is 1.92. The maximum absolute atomic E-state index is 12.2. The van der Waals surface area contributed by atoms with Gasteiger partial charge in [-0.05, 0) is 41.0 Å². The van der Waals surface area contributed by atoms with Gasteiger partial charge in [0.05, 0.1) is 34.6 Å². The van der Waals surface area contributed by atoms with Gasteiger partial charge in [0.2, 0.25) is 0 Å². The zero-order valence-electron chi connectivity index (χ0n) is 16.9. The van der Waals surface area contributed by atoms with Crippen LogP contribution in [0, 0.1) is 13.8 Å². The first-order chi connectivity index (χ1) is 12.5. The largest absolute Gasteiger partial charge is 0.444 e. The number of hydrogen-bond donors (Lipinski definition) is 0. The minimum atomic E-state index is -2.95. The molecule has 9 heteroatoms. The lowest BCUT2D eigenvalue weighted by Crippen LogP contribution is -2.50. The van der Waals surface area contributed by atoms with E-state index in [1.165, 1.54) is 0 Å². The van der Waals surface area contributed by atoms with E-state index in [1.807, 2.05) is 39.3 Å². The Balaban J connectivity index is 1.69. The van der Waals surface area contributed by atoms with Crippen molar-refractivity contribution in [3.05, 3.63) is 11.4 Å². The zero-order chi connectivity index (χ0) is 20.0. The molecule has 0 radical (unpaired) electrons. The molecule has 0 spiro atoms. The third-order valence-electron chi connectivity index (χ3n) is 5.09. The SMILES string of the molecule is Cc1nn(C2CCS(=O)(=O)C2)c(C)c1N1CCN(C(=O)OC(C)(C)C)CC1. The molecule has 1 aromatic heterocycles. The molecular formula is C18H30N4O4S. The minimum Gasteiger partial charge on any atom is -0.444 e. The fourth-order valence-corrected chi connectivity index (χ4v) is 5.57. The van der Waals surface area contributed by atoms with Crippen LogP contribution in [0.25, 0.3) is 0 Å². The third kappa shape index (κ3) is 4.39. The molecule has 27 heavy (non-hydrogen) atoms. The van der Waals surface area contributed by atoms with Crippen LogP contribution in [-0.4, -0.2) is 72.5 Å². The number of piperazine rings is 1. The van der Waals surface area contributed by atoms with E-state index in [9.17, 15) is 13.2 Å². The van der Waals surface area contributed by atoms with Gasteiger partial charge in [-0.3, -0.25) is 4.68 Å². The molecule has 2 saturated heterocycles. The van der Waals surface area contributed by atoms with Crippen LogP contribution in [0.3, 0.4) is 0 Å². The average molecular weight is 399 g/mol. The average Bonchev–Trinajstić information content (AvgIpc) is 3.05. The molecule has 0 aliphatic carbocycles. The van der Waals surface area contributed by atoms with Gasteiger partial charge in [0.1, 0.15) is 5.60 Å². The molecule has 2 aliphatic heterocycles. The number of sulfone groups is 1. The molecular weight excluding hydrogens is 368 g/mol. The van der Waals surface area contributed by atoms with Gasteiger partial charge in [-0.1, -0.05) is 0 Å². The minimum absolute atomic E-state index is 0.0782. The van der Waals surface area contributed by atoms with E-state index in [0.29, 0.717) is 32.6 Å². The highest BCUT2D eigenvalue weighted by atomic mass is 32.2. The molecule has 2 aliphatic rings. The Morgan fingerprint density at radius 3 is 2.30 bits per heavy atom. The van der Waals surface area contributed by atoms with E-state index in [-0.39, 0.29) is 23.6 Å². The lowest BCUT2D eigenvalue weighted by molar-refractivity contribution is 0.0240. The van der Waals surface area contributed by atoms with Gasteiger partial charge in [0, 0.05) is 26.2 Å². The highest BCUT2D eigenvalue weighted by molar-refractivity contribution is 7.91. The number of carbonyl (C=O) groups excluding carboxylic acids is 1. The summed E-state index contributed by atoms with van der Waals surface area (Å²) in [5.41, 5.74) is 2.47. The summed E-state index contributed by atoms with van der Waals surface area (Å²) >= 11 is 0. The Kier molecular flexibility index (Phi) is 5.18. The van der Waals surface area contributed by atoms with E-state index in [4.69, 9.17) is 4.74 Å². The van der Waals surface area contributed by atoms with Crippen LogP contribution in [0.5, 0.6) is 0 Å². The van der Waals surface area contributed by atoms with E-state index >= 15 is 0 Å². The van der Waals surface area contributed by atoms with Crippen molar-refractivity contribution in [2.24, 2.45) is 0 Å². The Bertz CT molecular complexity index is 817. The van der Waals surface area contributed by atoms with E-state index in [0.717, 1.165) is 17.1 Å². The normalized spacial score (nSPS) is 22.9. The lowest BCUT2D eigenvalue weighted by atomic mass is 10.2. The summed E-state index contributed by atoms with van der Waals surface area (Å²) < 4.78 is 31.0. The monoisotopic (exact) mass is 398 g/mol. The second-order valence-corrected chi connectivity index (χ2v) is 10.7. The number of amides is 1. The first kappa shape index (κ1) is 20.0. The van der Waals surface area contributed by atoms with E-state index in [1.54, 1.807) is 4.90 Å². The molecule has 152 valence electrons. The number of ether oxygens (including phenoxy) is 1. The van der Waals surface area contributed by atoms with Gasteiger partial charge >= 0.3 is 6.09 Å². The first-order valence-electron chi connectivity index (χ1n) is 9.46. The summed E-state index contributed by atoms with van der Waals surface area (Å²) in [7, 11) is -2.95. The molecule has 0 bridgehead atoms. The van der Waals surface area contributed by atoms with Gasteiger partial charge in [0.25, 0.3) is 0 Å². The quantitative estimate of drug-likeness (QED) is 0.757. The summed E-state index contributed by atoms with van der Waals surface area (Å²) in [5.74, 6) is 0.404. The smallest absolute Gasteiger partial charge is 0.410 e. The van der Waals surface area contributed by atoms with Crippen molar-refractivity contribution in [1.29, 1.82) is 0 Å². The molecule has 3 rings (SSSR count). The van der Waals surface area contributed by atoms with E-state index < -0.39 is 15.4 Å². The van der Waals surface area contributed by atoms with Crippen LogP contribution in [0.15, 0.2) is 0 Å². The van der Waals surface area contributed by atoms with Gasteiger partial charge in [0.15, 0.2) is 9.84 Å². The van der Waals surface area contributed by atoms with Crippen molar-refractivity contribution >= 4 is 21.6 Å². The van der Waals surface area contributed by atoms with Crippen molar-refractivity contribution in [3.8, 4) is 0 Å². The Labute approximate surface area is 161 Å². The summed E-state index contributed by atoms with van der Waals surface area (Å²) in [5, 5.41) is 4.64. The number of carbonyl (C=O) groups is 1. The zero-order valence-corrected chi connectivity index (χ0v) is 17.7. The third-order valence-corrected chi connectivity index (χ3v) is 6.84. The highest BCUT2D eigenvalue weighted by Crippen LogP contribution is 2.31. The predicted molar refractivity (Wildman–Crippen MR) is 104 cm³/mol. The number of anilines is 1. The molecule has 2 fully saturated rings. The summed E-state index contributed by atoms with van der Waals surface area (Å²) in [6.07, 6.45) is 0.346. The van der Waals surface area contributed by atoms with Crippen molar-refractivity contribution in [3.63, 3.8) is 0 Å². The second kappa shape index (κ2) is 7.00. The Hall–Kier alpha value is -1.77. The summed E-state index contributed by atoms with van der Waals surface area (Å²) in [4.78, 5) is 16.2. The van der Waals surface area contributed by atoms with Crippen LogP contribution in [0.1, 0.15) is 44.6 Å². The van der Waals surface area contributed by atoms with Crippen LogP contribution in [-0.2, 0) is 14.6 Å². The van der Waals surface area contributed by atoms with Crippen molar-refractivity contribution in [1.82, 2.24) is 14.7 Å². The fourth-order valence-electron chi connectivity index (χ4n) is 3.87. The maximum atomic E-state index is 12.2. The number of aryl methyl sites for hydroxylation is 1. The van der Waals surface area contributed by atoms with Crippen LogP contribution in [0.2, 0.25) is 0 Å². The molecule has 1 atom stereocenters. The van der Waals surface area contributed by atoms with Gasteiger partial charge in [-0.2, -0.15) is 5.10 Å². The van der Waals surface area contributed by atoms with Gasteiger partial charge in [-0.15, -0.1) is 0 Å². The maximum Gasteiger partial charge on any atom is 0.410 e. The molecule has 0 aromatic carbocycles. The fraction of sp³-hybridized carbons (Fsp3) is 0.778. The molecule has 0 N–H and O–H groups in total. The topological polar surface area (TPSA) is 84.7 Å². The standard InChI is InChI=1S/C18H30N4O4S/c1-13-16(14(2)22(19-13)15-6-11-27(24,25)12-15)20-7-9-21(10-8-20)17(23)26-18(3,4)5/h15H,6-12H2,1-5H3. The van der Waals surface area contributed by atoms with E-state index in [2.05, 4.69) is 10.00 Å². The number of rotatable bonds is 2. The van der Waals surface area contributed by atoms with Crippen molar-refractivity contribution in [2.75, 3.05) is 42.6 Å². The van der Waals surface area contributed by atoms with Crippen LogP contribution < -0.4 is 4.90 Å². The molecule has 1 aromatic rings. The second-order valence-electron chi connectivity index (χ2n) is 8.48. The Morgan fingerprint density at radius 1 is 1.15 bits per heavy atom. The number of aromatic nitrogens is 2. The lowest BCUT2D eigenvalue weighted by Gasteiger charge is -2.36. The molecule has 0 saturated carbocycles. The van der Waals surface area contributed by atoms with Crippen molar-refractivity contribution < 1.29 is 17.9 Å². The summed E-state index contributed by atoms with van der Waals surface area (Å²) in [6.45, 7) is 12.2. The van der Waals surface area contributed by atoms with Crippen molar-refractivity contribution in [2.45, 2.75) is 52.7 Å². The molecule has 3 heterocycles. The molecule has 1 amide bonds. The first-order valence-corrected chi connectivity index (χ1v) is 11.3. The summed E-state index contributed by atoms with van der Waals surface area (Å²) in [6, 6.07) is -0.0782. The molecule has 1 unspecified atom stereocenters. The van der Waals surface area contributed by atoms with Crippen LogP contribution >= 0.6 is 0 Å². The highest BCUT2D eigenvalue weighted by Gasteiger charge is 2.33. The molecule has 8 nitrogen and oxygen atoms in total. The Morgan fingerprint density at radius 2 is 1.78 bits per heavy atom. The van der Waals surface area contributed by atoms with Gasteiger partial charge in [-0.25, -0.2) is 13.2 Å².